The van der Waals surface area contributed by atoms with Gasteiger partial charge in [0, 0.05) is 17.1 Å². The van der Waals surface area contributed by atoms with E-state index in [2.05, 4.69) is 0 Å². The van der Waals surface area contributed by atoms with Gasteiger partial charge >= 0.3 is 5.63 Å². The fourth-order valence-electron chi connectivity index (χ4n) is 1.26. The van der Waals surface area contributed by atoms with Crippen molar-refractivity contribution < 1.29 is 4.42 Å². The quantitative estimate of drug-likeness (QED) is 0.416. The van der Waals surface area contributed by atoms with E-state index in [0.717, 1.165) is 0 Å². The third-order valence-corrected chi connectivity index (χ3v) is 2.01. The molecule has 5 heteroatoms. The Hall–Kier alpha value is -2.17. The van der Waals surface area contributed by atoms with Crippen LogP contribution in [0, 0.1) is 0 Å². The molecule has 0 bridgehead atoms. The summed E-state index contributed by atoms with van der Waals surface area (Å²) in [5, 5.41) is 0.594. The number of anilines is 3. The molecule has 1 heterocycles. The third-order valence-electron chi connectivity index (χ3n) is 2.01. The van der Waals surface area contributed by atoms with Gasteiger partial charge in [-0.25, -0.2) is 4.79 Å². The fourth-order valence-corrected chi connectivity index (χ4v) is 1.26. The van der Waals surface area contributed by atoms with Crippen LogP contribution in [0.2, 0.25) is 0 Å². The van der Waals surface area contributed by atoms with Crippen molar-refractivity contribution in [2.24, 2.45) is 0 Å². The molecule has 0 spiro atoms. The van der Waals surface area contributed by atoms with E-state index in [1.165, 1.54) is 6.07 Å². The second-order valence-electron chi connectivity index (χ2n) is 2.97. The van der Waals surface area contributed by atoms with Gasteiger partial charge in [-0.1, -0.05) is 0 Å². The van der Waals surface area contributed by atoms with Gasteiger partial charge in [0.1, 0.15) is 11.3 Å². The summed E-state index contributed by atoms with van der Waals surface area (Å²) >= 11 is 0. The van der Waals surface area contributed by atoms with Gasteiger partial charge in [0.15, 0.2) is 0 Å². The summed E-state index contributed by atoms with van der Waals surface area (Å²) in [6.45, 7) is 0. The van der Waals surface area contributed by atoms with Crippen LogP contribution in [-0.4, -0.2) is 0 Å². The highest BCUT2D eigenvalue weighted by Gasteiger charge is 2.08. The van der Waals surface area contributed by atoms with Crippen LogP contribution in [-0.2, 0) is 0 Å². The van der Waals surface area contributed by atoms with Crippen LogP contribution in [0.4, 0.5) is 17.1 Å². The Morgan fingerprint density at radius 2 is 1.79 bits per heavy atom. The molecular weight excluding hydrogens is 182 g/mol. The molecule has 0 aliphatic carbocycles. The predicted octanol–water partition coefficient (Wildman–Crippen LogP) is 0.540. The maximum Gasteiger partial charge on any atom is 0.361 e. The molecule has 0 saturated carbocycles. The van der Waals surface area contributed by atoms with Crippen molar-refractivity contribution in [2.75, 3.05) is 17.2 Å². The molecule has 72 valence electrons. The molecule has 0 radical (unpaired) electrons. The van der Waals surface area contributed by atoms with Crippen LogP contribution in [0.15, 0.2) is 27.4 Å². The molecule has 5 nitrogen and oxygen atoms in total. The number of fused-ring (bicyclic) bond motifs is 1. The van der Waals surface area contributed by atoms with E-state index in [9.17, 15) is 4.79 Å². The monoisotopic (exact) mass is 191 g/mol. The highest BCUT2D eigenvalue weighted by atomic mass is 16.4. The first-order valence-electron chi connectivity index (χ1n) is 3.97. The third kappa shape index (κ3) is 1.06. The number of hydrogen-bond donors (Lipinski definition) is 3. The summed E-state index contributed by atoms with van der Waals surface area (Å²) in [5.41, 5.74) is 17.0. The summed E-state index contributed by atoms with van der Waals surface area (Å²) in [5.74, 6) is 0. The minimum Gasteiger partial charge on any atom is -0.421 e. The van der Waals surface area contributed by atoms with Crippen molar-refractivity contribution in [1.82, 2.24) is 0 Å². The molecule has 0 amide bonds. The zero-order valence-corrected chi connectivity index (χ0v) is 7.28. The molecule has 0 fully saturated rings. The lowest BCUT2D eigenvalue weighted by Gasteiger charge is -2.03. The second-order valence-corrected chi connectivity index (χ2v) is 2.97. The molecule has 6 N–H and O–H groups in total. The fraction of sp³-hybridized carbons (Fsp3) is 0. The van der Waals surface area contributed by atoms with E-state index in [0.29, 0.717) is 16.7 Å². The topological polar surface area (TPSA) is 108 Å². The SMILES string of the molecule is Nc1ccc2c(N)c(N)c(=O)oc2c1. The summed E-state index contributed by atoms with van der Waals surface area (Å²) < 4.78 is 4.91. The van der Waals surface area contributed by atoms with Crippen molar-refractivity contribution in [2.45, 2.75) is 0 Å². The van der Waals surface area contributed by atoms with Gasteiger partial charge in [0.2, 0.25) is 0 Å². The van der Waals surface area contributed by atoms with E-state index in [4.69, 9.17) is 21.6 Å². The molecule has 2 aromatic rings. The van der Waals surface area contributed by atoms with E-state index in [1.54, 1.807) is 12.1 Å². The first-order valence-corrected chi connectivity index (χ1v) is 3.97. The number of rotatable bonds is 0. The molecule has 0 saturated heterocycles. The van der Waals surface area contributed by atoms with Crippen LogP contribution in [0.25, 0.3) is 11.0 Å². The molecule has 0 unspecified atom stereocenters. The maximum atomic E-state index is 11.2. The average molecular weight is 191 g/mol. The number of nitrogen functional groups attached to an aromatic ring is 3. The van der Waals surface area contributed by atoms with E-state index < -0.39 is 5.63 Å². The van der Waals surface area contributed by atoms with Gasteiger partial charge in [0.05, 0.1) is 5.69 Å². The standard InChI is InChI=1S/C9H9N3O2/c10-4-1-2-5-6(3-4)14-9(13)8(12)7(5)11/h1-3H,10-12H2. The molecular formula is C9H9N3O2. The Labute approximate surface area is 79.1 Å². The summed E-state index contributed by atoms with van der Waals surface area (Å²) in [6.07, 6.45) is 0. The molecule has 1 aromatic carbocycles. The highest BCUT2D eigenvalue weighted by molar-refractivity contribution is 5.95. The average Bonchev–Trinajstić information content (AvgIpc) is 2.14. The molecule has 1 aromatic heterocycles. The summed E-state index contributed by atoms with van der Waals surface area (Å²) in [4.78, 5) is 11.2. The lowest BCUT2D eigenvalue weighted by molar-refractivity contribution is 0.565. The molecule has 0 atom stereocenters. The largest absolute Gasteiger partial charge is 0.421 e. The van der Waals surface area contributed by atoms with Crippen molar-refractivity contribution in [3.63, 3.8) is 0 Å². The van der Waals surface area contributed by atoms with Crippen LogP contribution >= 0.6 is 0 Å². The van der Waals surface area contributed by atoms with Gasteiger partial charge in [-0.05, 0) is 12.1 Å². The van der Waals surface area contributed by atoms with Crippen molar-refractivity contribution in [3.8, 4) is 0 Å². The van der Waals surface area contributed by atoms with Gasteiger partial charge in [-0.2, -0.15) is 0 Å². The summed E-state index contributed by atoms with van der Waals surface area (Å²) in [7, 11) is 0. The second kappa shape index (κ2) is 2.66. The molecule has 0 aliphatic heterocycles. The lowest BCUT2D eigenvalue weighted by Crippen LogP contribution is -2.10. The lowest BCUT2D eigenvalue weighted by atomic mass is 10.2. The number of hydrogen-bond acceptors (Lipinski definition) is 5. The van der Waals surface area contributed by atoms with Crippen molar-refractivity contribution in [1.29, 1.82) is 0 Å². The van der Waals surface area contributed by atoms with E-state index >= 15 is 0 Å². The first-order chi connectivity index (χ1) is 6.59. The minimum atomic E-state index is -0.638. The zero-order chi connectivity index (χ0) is 10.3. The van der Waals surface area contributed by atoms with Crippen molar-refractivity contribution in [3.05, 3.63) is 28.6 Å². The molecule has 14 heavy (non-hydrogen) atoms. The first kappa shape index (κ1) is 8.43. The van der Waals surface area contributed by atoms with Gasteiger partial charge < -0.3 is 21.6 Å². The van der Waals surface area contributed by atoms with Crippen molar-refractivity contribution >= 4 is 28.0 Å². The van der Waals surface area contributed by atoms with Crippen LogP contribution < -0.4 is 22.8 Å². The number of nitrogens with two attached hydrogens (primary N) is 3. The van der Waals surface area contributed by atoms with Gasteiger partial charge in [0.25, 0.3) is 0 Å². The van der Waals surface area contributed by atoms with Gasteiger partial charge in [-0.15, -0.1) is 0 Å². The van der Waals surface area contributed by atoms with E-state index in [-0.39, 0.29) is 11.4 Å². The van der Waals surface area contributed by atoms with Crippen LogP contribution in [0.3, 0.4) is 0 Å². The zero-order valence-electron chi connectivity index (χ0n) is 7.28. The minimum absolute atomic E-state index is 0.0673. The Morgan fingerprint density at radius 3 is 2.50 bits per heavy atom. The predicted molar refractivity (Wildman–Crippen MR) is 55.7 cm³/mol. The molecule has 2 rings (SSSR count). The smallest absolute Gasteiger partial charge is 0.361 e. The Morgan fingerprint density at radius 1 is 1.07 bits per heavy atom. The maximum absolute atomic E-state index is 11.2. The Balaban J connectivity index is 2.98. The van der Waals surface area contributed by atoms with E-state index in [1.807, 2.05) is 0 Å². The highest BCUT2D eigenvalue weighted by Crippen LogP contribution is 2.24. The van der Waals surface area contributed by atoms with Crippen LogP contribution in [0.1, 0.15) is 0 Å². The van der Waals surface area contributed by atoms with Gasteiger partial charge in [-0.3, -0.25) is 0 Å². The summed E-state index contributed by atoms with van der Waals surface area (Å²) in [6, 6.07) is 4.87. The number of benzene rings is 1. The Kier molecular flexibility index (Phi) is 1.60. The normalized spacial score (nSPS) is 10.6. The molecule has 0 aliphatic rings. The Bertz CT molecular complexity index is 560. The van der Waals surface area contributed by atoms with Crippen LogP contribution in [0.5, 0.6) is 0 Å².